The summed E-state index contributed by atoms with van der Waals surface area (Å²) in [6.45, 7) is 4.01. The number of halogens is 1. The average Bonchev–Trinajstić information content (AvgIpc) is 2.43. The Labute approximate surface area is 110 Å². The van der Waals surface area contributed by atoms with Gasteiger partial charge >= 0.3 is 0 Å². The molecule has 3 nitrogen and oxygen atoms in total. The molecule has 1 aliphatic rings. The highest BCUT2D eigenvalue weighted by Gasteiger charge is 2.25. The molecule has 0 aromatic heterocycles. The van der Waals surface area contributed by atoms with Crippen LogP contribution in [0.2, 0.25) is 0 Å². The Hall–Kier alpha value is 0.200. The Kier molecular flexibility index (Phi) is 6.24. The van der Waals surface area contributed by atoms with Crippen LogP contribution in [-0.4, -0.2) is 26.1 Å². The molecule has 0 bridgehead atoms. The van der Waals surface area contributed by atoms with Crippen molar-refractivity contribution < 1.29 is 8.42 Å². The van der Waals surface area contributed by atoms with Gasteiger partial charge in [0.15, 0.2) is 0 Å². The molecule has 0 aromatic rings. The van der Waals surface area contributed by atoms with Crippen molar-refractivity contribution in [1.29, 1.82) is 0 Å². The highest BCUT2D eigenvalue weighted by atomic mass is 35.5. The van der Waals surface area contributed by atoms with Crippen LogP contribution in [0.15, 0.2) is 0 Å². The molecule has 1 N–H and O–H groups in total. The first kappa shape index (κ1) is 15.3. The van der Waals surface area contributed by atoms with Gasteiger partial charge in [0.25, 0.3) is 0 Å². The first-order valence-electron chi connectivity index (χ1n) is 6.50. The lowest BCUT2D eigenvalue weighted by Gasteiger charge is -2.23. The van der Waals surface area contributed by atoms with E-state index in [4.69, 9.17) is 11.6 Å². The van der Waals surface area contributed by atoms with Gasteiger partial charge in [-0.15, -0.1) is 11.6 Å². The van der Waals surface area contributed by atoms with Crippen LogP contribution in [0.25, 0.3) is 0 Å². The van der Waals surface area contributed by atoms with Gasteiger partial charge in [-0.3, -0.25) is 0 Å². The normalized spacial score (nSPS) is 28.6. The smallest absolute Gasteiger partial charge is 0.212 e. The third-order valence-corrected chi connectivity index (χ3v) is 5.66. The van der Waals surface area contributed by atoms with Gasteiger partial charge in [0.05, 0.1) is 5.75 Å². The molecule has 1 saturated carbocycles. The molecule has 0 aromatic carbocycles. The molecule has 0 amide bonds. The summed E-state index contributed by atoms with van der Waals surface area (Å²) in [6, 6.07) is 0.116. The number of hydrogen-bond acceptors (Lipinski definition) is 2. The van der Waals surface area contributed by atoms with Crippen LogP contribution in [-0.2, 0) is 10.0 Å². The summed E-state index contributed by atoms with van der Waals surface area (Å²) in [5.74, 6) is 0.981. The summed E-state index contributed by atoms with van der Waals surface area (Å²) in [6.07, 6.45) is 5.66. The molecule has 0 heterocycles. The van der Waals surface area contributed by atoms with Gasteiger partial charge in [-0.25, -0.2) is 13.1 Å². The second-order valence-corrected chi connectivity index (χ2v) is 7.49. The van der Waals surface area contributed by atoms with Crippen molar-refractivity contribution in [3.05, 3.63) is 0 Å². The molecule has 3 unspecified atom stereocenters. The van der Waals surface area contributed by atoms with E-state index in [1.807, 2.05) is 6.92 Å². The van der Waals surface area contributed by atoms with Crippen molar-refractivity contribution in [2.24, 2.45) is 11.8 Å². The van der Waals surface area contributed by atoms with Crippen molar-refractivity contribution in [3.63, 3.8) is 0 Å². The highest BCUT2D eigenvalue weighted by Crippen LogP contribution is 2.23. The van der Waals surface area contributed by atoms with E-state index in [2.05, 4.69) is 11.6 Å². The Morgan fingerprint density at radius 3 is 2.59 bits per heavy atom. The zero-order chi connectivity index (χ0) is 12.9. The van der Waals surface area contributed by atoms with Crippen LogP contribution < -0.4 is 4.72 Å². The maximum atomic E-state index is 12.0. The predicted octanol–water partition coefficient (Wildman–Crippen LogP) is 2.75. The Morgan fingerprint density at radius 2 is 1.94 bits per heavy atom. The lowest BCUT2D eigenvalue weighted by molar-refractivity contribution is 0.398. The van der Waals surface area contributed by atoms with Gasteiger partial charge in [0.2, 0.25) is 10.0 Å². The predicted molar refractivity (Wildman–Crippen MR) is 72.8 cm³/mol. The molecule has 3 atom stereocenters. The minimum atomic E-state index is -3.18. The van der Waals surface area contributed by atoms with E-state index in [1.54, 1.807) is 0 Å². The fourth-order valence-electron chi connectivity index (χ4n) is 2.37. The van der Waals surface area contributed by atoms with E-state index in [1.165, 1.54) is 12.8 Å². The topological polar surface area (TPSA) is 46.2 Å². The number of sulfonamides is 1. The molecule has 102 valence electrons. The monoisotopic (exact) mass is 281 g/mol. The minimum absolute atomic E-state index is 0.00949. The third-order valence-electron chi connectivity index (χ3n) is 3.46. The lowest BCUT2D eigenvalue weighted by Crippen LogP contribution is -2.41. The van der Waals surface area contributed by atoms with E-state index in [0.29, 0.717) is 11.8 Å². The number of nitrogens with one attached hydrogen (secondary N) is 1. The van der Waals surface area contributed by atoms with Gasteiger partial charge in [0.1, 0.15) is 0 Å². The molecule has 0 aliphatic heterocycles. The molecule has 1 fully saturated rings. The molecule has 1 rings (SSSR count). The van der Waals surface area contributed by atoms with Crippen molar-refractivity contribution in [1.82, 2.24) is 4.72 Å². The lowest BCUT2D eigenvalue weighted by atomic mass is 9.98. The van der Waals surface area contributed by atoms with Gasteiger partial charge in [-0.1, -0.05) is 33.1 Å². The van der Waals surface area contributed by atoms with Crippen molar-refractivity contribution in [2.45, 2.75) is 52.0 Å². The van der Waals surface area contributed by atoms with Gasteiger partial charge in [-0.2, -0.15) is 0 Å². The Bertz CT molecular complexity index is 318. The number of rotatable bonds is 5. The minimum Gasteiger partial charge on any atom is -0.212 e. The van der Waals surface area contributed by atoms with Gasteiger partial charge in [0, 0.05) is 11.9 Å². The summed E-state index contributed by atoms with van der Waals surface area (Å²) in [5.41, 5.74) is 0. The van der Waals surface area contributed by atoms with E-state index in [0.717, 1.165) is 19.3 Å². The van der Waals surface area contributed by atoms with Crippen LogP contribution in [0.3, 0.4) is 0 Å². The fourth-order valence-corrected chi connectivity index (χ4v) is 4.38. The molecule has 17 heavy (non-hydrogen) atoms. The second-order valence-electron chi connectivity index (χ2n) is 5.38. The summed E-state index contributed by atoms with van der Waals surface area (Å²) in [4.78, 5) is 0. The second kappa shape index (κ2) is 6.95. The molecular formula is C12H24ClNO2S. The van der Waals surface area contributed by atoms with E-state index < -0.39 is 10.0 Å². The number of hydrogen-bond donors (Lipinski definition) is 1. The quantitative estimate of drug-likeness (QED) is 0.622. The summed E-state index contributed by atoms with van der Waals surface area (Å²) >= 11 is 5.66. The van der Waals surface area contributed by atoms with Crippen LogP contribution in [0.1, 0.15) is 46.0 Å². The maximum absolute atomic E-state index is 12.0. The third kappa shape index (κ3) is 5.58. The fraction of sp³-hybridized carbons (Fsp3) is 1.00. The zero-order valence-corrected chi connectivity index (χ0v) is 12.4. The Morgan fingerprint density at radius 1 is 1.29 bits per heavy atom. The highest BCUT2D eigenvalue weighted by molar-refractivity contribution is 7.89. The van der Waals surface area contributed by atoms with Crippen molar-refractivity contribution in [3.8, 4) is 0 Å². The van der Waals surface area contributed by atoms with Crippen LogP contribution in [0.4, 0.5) is 0 Å². The molecule has 1 aliphatic carbocycles. The first-order chi connectivity index (χ1) is 7.94. The number of alkyl halides is 1. The summed E-state index contributed by atoms with van der Waals surface area (Å²) in [5, 5.41) is 0. The largest absolute Gasteiger partial charge is 0.212 e. The standard InChI is InChI=1S/C12H24ClNO2S/c1-10(8-13)9-17(15,16)14-12-7-5-3-4-6-11(12)2/h10-12,14H,3-9H2,1-2H3. The summed E-state index contributed by atoms with van der Waals surface area (Å²) < 4.78 is 26.8. The van der Waals surface area contributed by atoms with E-state index in [9.17, 15) is 8.42 Å². The molecule has 0 radical (unpaired) electrons. The molecular weight excluding hydrogens is 258 g/mol. The van der Waals surface area contributed by atoms with E-state index >= 15 is 0 Å². The molecule has 0 spiro atoms. The average molecular weight is 282 g/mol. The van der Waals surface area contributed by atoms with Crippen LogP contribution in [0.5, 0.6) is 0 Å². The van der Waals surface area contributed by atoms with Gasteiger partial charge in [-0.05, 0) is 24.7 Å². The van der Waals surface area contributed by atoms with Gasteiger partial charge < -0.3 is 0 Å². The SMILES string of the molecule is CC(CCl)CS(=O)(=O)NC1CCCCCC1C. The van der Waals surface area contributed by atoms with Crippen LogP contribution in [0, 0.1) is 11.8 Å². The van der Waals surface area contributed by atoms with Crippen LogP contribution >= 0.6 is 11.6 Å². The molecule has 0 saturated heterocycles. The van der Waals surface area contributed by atoms with Crippen molar-refractivity contribution >= 4 is 21.6 Å². The Balaban J connectivity index is 2.55. The summed E-state index contributed by atoms with van der Waals surface area (Å²) in [7, 11) is -3.18. The van der Waals surface area contributed by atoms with E-state index in [-0.39, 0.29) is 17.7 Å². The molecule has 5 heteroatoms. The zero-order valence-electron chi connectivity index (χ0n) is 10.8. The van der Waals surface area contributed by atoms with Crippen molar-refractivity contribution in [2.75, 3.05) is 11.6 Å². The first-order valence-corrected chi connectivity index (χ1v) is 8.69. The maximum Gasteiger partial charge on any atom is 0.212 e.